The smallest absolute Gasteiger partial charge is 0.0234 e. The van der Waals surface area contributed by atoms with Crippen LogP contribution < -0.4 is 0 Å². The summed E-state index contributed by atoms with van der Waals surface area (Å²) in [6.45, 7) is 4.19. The van der Waals surface area contributed by atoms with Gasteiger partial charge in [0, 0.05) is 13.6 Å². The fourth-order valence-corrected chi connectivity index (χ4v) is 1.24. The van der Waals surface area contributed by atoms with E-state index in [2.05, 4.69) is 43.1 Å². The summed E-state index contributed by atoms with van der Waals surface area (Å²) in [7, 11) is 3.96. The van der Waals surface area contributed by atoms with Crippen molar-refractivity contribution in [2.45, 2.75) is 19.9 Å². The SMILES string of the molecule is [CH2]N(CCC)Cc1ccccc1. The predicted octanol–water partition coefficient (Wildman–Crippen LogP) is 2.69. The van der Waals surface area contributed by atoms with Crippen LogP contribution in [0.25, 0.3) is 0 Å². The minimum atomic E-state index is 0.953. The summed E-state index contributed by atoms with van der Waals surface area (Å²) in [5.41, 5.74) is 1.33. The Hall–Kier alpha value is -0.820. The minimum absolute atomic E-state index is 0.953. The first-order valence-corrected chi connectivity index (χ1v) is 4.42. The summed E-state index contributed by atoms with van der Waals surface area (Å²) in [6, 6.07) is 10.4. The van der Waals surface area contributed by atoms with Crippen molar-refractivity contribution in [2.75, 3.05) is 6.54 Å². The molecule has 65 valence electrons. The second kappa shape index (κ2) is 4.94. The molecule has 0 bridgehead atoms. The summed E-state index contributed by atoms with van der Waals surface area (Å²) >= 11 is 0. The molecule has 0 heterocycles. The molecule has 0 amide bonds. The molecule has 1 aromatic carbocycles. The quantitative estimate of drug-likeness (QED) is 0.658. The lowest BCUT2D eigenvalue weighted by atomic mass is 10.2. The van der Waals surface area contributed by atoms with Gasteiger partial charge in [0.1, 0.15) is 0 Å². The molecular formula is C11H16N. The maximum Gasteiger partial charge on any atom is 0.0234 e. The molecule has 12 heavy (non-hydrogen) atoms. The average Bonchev–Trinajstić information content (AvgIpc) is 2.06. The van der Waals surface area contributed by atoms with Crippen LogP contribution in [-0.2, 0) is 6.54 Å². The summed E-state index contributed by atoms with van der Waals surface area (Å²) in [4.78, 5) is 2.09. The third kappa shape index (κ3) is 3.05. The molecule has 0 N–H and O–H groups in total. The zero-order chi connectivity index (χ0) is 8.81. The Morgan fingerprint density at radius 1 is 1.25 bits per heavy atom. The molecular weight excluding hydrogens is 146 g/mol. The summed E-state index contributed by atoms with van der Waals surface area (Å²) in [6.07, 6.45) is 1.16. The van der Waals surface area contributed by atoms with E-state index in [1.165, 1.54) is 5.56 Å². The van der Waals surface area contributed by atoms with Crippen LogP contribution in [0.15, 0.2) is 30.3 Å². The van der Waals surface area contributed by atoms with Gasteiger partial charge in [-0.05, 0) is 18.5 Å². The van der Waals surface area contributed by atoms with Gasteiger partial charge in [-0.25, -0.2) is 0 Å². The number of hydrogen-bond acceptors (Lipinski definition) is 1. The Morgan fingerprint density at radius 2 is 1.92 bits per heavy atom. The highest BCUT2D eigenvalue weighted by molar-refractivity contribution is 5.14. The Morgan fingerprint density at radius 3 is 2.50 bits per heavy atom. The lowest BCUT2D eigenvalue weighted by Gasteiger charge is -2.14. The van der Waals surface area contributed by atoms with Gasteiger partial charge >= 0.3 is 0 Å². The standard InChI is InChI=1S/C11H16N/c1-3-9-12(2)10-11-7-5-4-6-8-11/h4-8H,2-3,9-10H2,1H3. The molecule has 0 aliphatic heterocycles. The fourth-order valence-electron chi connectivity index (χ4n) is 1.24. The highest BCUT2D eigenvalue weighted by atomic mass is 15.1. The maximum absolute atomic E-state index is 3.96. The van der Waals surface area contributed by atoms with Crippen molar-refractivity contribution >= 4 is 0 Å². The van der Waals surface area contributed by atoms with Crippen LogP contribution in [0.4, 0.5) is 0 Å². The van der Waals surface area contributed by atoms with E-state index in [1.54, 1.807) is 0 Å². The zero-order valence-corrected chi connectivity index (χ0v) is 7.66. The maximum atomic E-state index is 3.96. The van der Waals surface area contributed by atoms with Gasteiger partial charge in [-0.1, -0.05) is 37.3 Å². The lowest BCUT2D eigenvalue weighted by Crippen LogP contribution is -2.15. The van der Waals surface area contributed by atoms with Crippen LogP contribution in [0.5, 0.6) is 0 Å². The monoisotopic (exact) mass is 162 g/mol. The van der Waals surface area contributed by atoms with E-state index < -0.39 is 0 Å². The van der Waals surface area contributed by atoms with Gasteiger partial charge in [0.2, 0.25) is 0 Å². The van der Waals surface area contributed by atoms with Crippen LogP contribution >= 0.6 is 0 Å². The minimum Gasteiger partial charge on any atom is -0.298 e. The van der Waals surface area contributed by atoms with Crippen LogP contribution in [0.2, 0.25) is 0 Å². The number of nitrogens with zero attached hydrogens (tertiary/aromatic N) is 1. The first kappa shape index (κ1) is 9.27. The van der Waals surface area contributed by atoms with Crippen molar-refractivity contribution in [3.63, 3.8) is 0 Å². The second-order valence-electron chi connectivity index (χ2n) is 3.04. The van der Waals surface area contributed by atoms with E-state index in [-0.39, 0.29) is 0 Å². The highest BCUT2D eigenvalue weighted by Crippen LogP contribution is 2.03. The first-order valence-electron chi connectivity index (χ1n) is 4.42. The van der Waals surface area contributed by atoms with E-state index >= 15 is 0 Å². The molecule has 0 atom stereocenters. The summed E-state index contributed by atoms with van der Waals surface area (Å²) in [5, 5.41) is 0. The Balaban J connectivity index is 2.41. The van der Waals surface area contributed by atoms with Crippen molar-refractivity contribution in [3.05, 3.63) is 42.9 Å². The largest absolute Gasteiger partial charge is 0.298 e. The molecule has 1 aromatic rings. The van der Waals surface area contributed by atoms with Gasteiger partial charge in [0.05, 0.1) is 0 Å². The third-order valence-corrected chi connectivity index (χ3v) is 1.79. The first-order chi connectivity index (χ1) is 5.83. The fraction of sp³-hybridized carbons (Fsp3) is 0.364. The number of benzene rings is 1. The summed E-state index contributed by atoms with van der Waals surface area (Å²) < 4.78 is 0. The van der Waals surface area contributed by atoms with Gasteiger partial charge in [0.25, 0.3) is 0 Å². The highest BCUT2D eigenvalue weighted by Gasteiger charge is 1.96. The van der Waals surface area contributed by atoms with E-state index in [9.17, 15) is 0 Å². The molecule has 0 aliphatic carbocycles. The molecule has 0 aliphatic rings. The molecule has 0 spiro atoms. The van der Waals surface area contributed by atoms with E-state index in [0.29, 0.717) is 0 Å². The zero-order valence-electron chi connectivity index (χ0n) is 7.66. The molecule has 0 saturated heterocycles. The molecule has 0 fully saturated rings. The molecule has 1 radical (unpaired) electrons. The van der Waals surface area contributed by atoms with E-state index in [4.69, 9.17) is 0 Å². The van der Waals surface area contributed by atoms with Gasteiger partial charge < -0.3 is 0 Å². The molecule has 1 rings (SSSR count). The van der Waals surface area contributed by atoms with Crippen molar-refractivity contribution in [1.82, 2.24) is 4.90 Å². The number of hydrogen-bond donors (Lipinski definition) is 0. The molecule has 0 saturated carbocycles. The van der Waals surface area contributed by atoms with E-state index in [1.807, 2.05) is 6.07 Å². The average molecular weight is 162 g/mol. The summed E-state index contributed by atoms with van der Waals surface area (Å²) in [5.74, 6) is 0. The van der Waals surface area contributed by atoms with Gasteiger partial charge in [-0.15, -0.1) is 0 Å². The predicted molar refractivity (Wildman–Crippen MR) is 52.5 cm³/mol. The number of rotatable bonds is 4. The lowest BCUT2D eigenvalue weighted by molar-refractivity contribution is 0.363. The Kier molecular flexibility index (Phi) is 3.81. The van der Waals surface area contributed by atoms with Crippen molar-refractivity contribution < 1.29 is 0 Å². The van der Waals surface area contributed by atoms with Crippen LogP contribution in [-0.4, -0.2) is 11.4 Å². The molecule has 0 aromatic heterocycles. The van der Waals surface area contributed by atoms with Crippen LogP contribution in [0, 0.1) is 7.05 Å². The van der Waals surface area contributed by atoms with Crippen molar-refractivity contribution in [1.29, 1.82) is 0 Å². The molecule has 0 unspecified atom stereocenters. The van der Waals surface area contributed by atoms with Crippen molar-refractivity contribution in [2.24, 2.45) is 0 Å². The van der Waals surface area contributed by atoms with Gasteiger partial charge in [-0.2, -0.15) is 0 Å². The van der Waals surface area contributed by atoms with Gasteiger partial charge in [-0.3, -0.25) is 4.90 Å². The van der Waals surface area contributed by atoms with Gasteiger partial charge in [0.15, 0.2) is 0 Å². The molecule has 1 nitrogen and oxygen atoms in total. The van der Waals surface area contributed by atoms with Crippen LogP contribution in [0.1, 0.15) is 18.9 Å². The topological polar surface area (TPSA) is 3.24 Å². The molecule has 1 heteroatoms. The normalized spacial score (nSPS) is 10.6. The van der Waals surface area contributed by atoms with E-state index in [0.717, 1.165) is 19.5 Å². The van der Waals surface area contributed by atoms with Crippen molar-refractivity contribution in [3.8, 4) is 0 Å². The van der Waals surface area contributed by atoms with Crippen LogP contribution in [0.3, 0.4) is 0 Å². The Labute approximate surface area is 75.0 Å². The second-order valence-corrected chi connectivity index (χ2v) is 3.04. The third-order valence-electron chi connectivity index (χ3n) is 1.79. The Bertz CT molecular complexity index is 206.